The second-order valence-corrected chi connectivity index (χ2v) is 6.91. The van der Waals surface area contributed by atoms with Gasteiger partial charge in [0.25, 0.3) is 0 Å². The van der Waals surface area contributed by atoms with E-state index in [1.54, 1.807) is 0 Å². The van der Waals surface area contributed by atoms with Gasteiger partial charge in [0.1, 0.15) is 0 Å². The van der Waals surface area contributed by atoms with Crippen molar-refractivity contribution in [2.45, 2.75) is 45.8 Å². The van der Waals surface area contributed by atoms with Crippen molar-refractivity contribution in [2.75, 3.05) is 31.6 Å². The van der Waals surface area contributed by atoms with Gasteiger partial charge in [0.05, 0.1) is 11.9 Å². The van der Waals surface area contributed by atoms with E-state index in [0.717, 1.165) is 26.2 Å². The Bertz CT molecular complexity index is 438. The summed E-state index contributed by atoms with van der Waals surface area (Å²) < 4.78 is 0. The minimum atomic E-state index is 0.133. The Morgan fingerprint density at radius 1 is 1.35 bits per heavy atom. The van der Waals surface area contributed by atoms with Crippen LogP contribution in [0.4, 0.5) is 5.69 Å². The van der Waals surface area contributed by atoms with E-state index >= 15 is 0 Å². The van der Waals surface area contributed by atoms with Crippen LogP contribution in [0.15, 0.2) is 18.5 Å². The van der Waals surface area contributed by atoms with Gasteiger partial charge < -0.3 is 15.1 Å². The zero-order valence-corrected chi connectivity index (χ0v) is 13.5. The van der Waals surface area contributed by atoms with Crippen molar-refractivity contribution in [3.8, 4) is 0 Å². The molecule has 20 heavy (non-hydrogen) atoms. The van der Waals surface area contributed by atoms with E-state index in [0.29, 0.717) is 6.04 Å². The molecule has 1 aliphatic heterocycles. The maximum absolute atomic E-state index is 4.34. The van der Waals surface area contributed by atoms with E-state index in [2.05, 4.69) is 60.9 Å². The minimum absolute atomic E-state index is 0.133. The van der Waals surface area contributed by atoms with Gasteiger partial charge in [0.2, 0.25) is 0 Å². The molecule has 1 atom stereocenters. The lowest BCUT2D eigenvalue weighted by Crippen LogP contribution is -2.51. The summed E-state index contributed by atoms with van der Waals surface area (Å²) in [5.74, 6) is 0. The van der Waals surface area contributed by atoms with Crippen molar-refractivity contribution in [1.29, 1.82) is 0 Å². The van der Waals surface area contributed by atoms with Gasteiger partial charge >= 0.3 is 0 Å². The highest BCUT2D eigenvalue weighted by Crippen LogP contribution is 2.24. The van der Waals surface area contributed by atoms with Crippen LogP contribution in [0, 0.1) is 0 Å². The number of pyridine rings is 1. The van der Waals surface area contributed by atoms with Crippen molar-refractivity contribution in [3.05, 3.63) is 24.0 Å². The van der Waals surface area contributed by atoms with Gasteiger partial charge in [-0.25, -0.2) is 0 Å². The van der Waals surface area contributed by atoms with Gasteiger partial charge in [-0.15, -0.1) is 0 Å². The molecule has 1 N–H and O–H groups in total. The Balaban J connectivity index is 2.15. The first kappa shape index (κ1) is 15.3. The Hall–Kier alpha value is -1.13. The maximum Gasteiger partial charge on any atom is 0.0601 e. The Morgan fingerprint density at radius 2 is 2.10 bits per heavy atom. The molecule has 1 fully saturated rings. The fourth-order valence-corrected chi connectivity index (χ4v) is 2.68. The molecule has 0 radical (unpaired) electrons. The smallest absolute Gasteiger partial charge is 0.0601 e. The van der Waals surface area contributed by atoms with Crippen LogP contribution in [-0.4, -0.2) is 48.1 Å². The molecule has 4 nitrogen and oxygen atoms in total. The molecular formula is C16H28N4. The summed E-state index contributed by atoms with van der Waals surface area (Å²) in [5, 5.41) is 3.58. The van der Waals surface area contributed by atoms with Crippen molar-refractivity contribution < 1.29 is 0 Å². The molecule has 0 aromatic carbocycles. The van der Waals surface area contributed by atoms with Crippen LogP contribution in [0.3, 0.4) is 0 Å². The summed E-state index contributed by atoms with van der Waals surface area (Å²) in [6.45, 7) is 13.1. The first-order chi connectivity index (χ1) is 9.37. The zero-order valence-electron chi connectivity index (χ0n) is 13.5. The summed E-state index contributed by atoms with van der Waals surface area (Å²) in [6, 6.07) is 2.67. The molecule has 1 unspecified atom stereocenters. The molecule has 0 aliphatic carbocycles. The third kappa shape index (κ3) is 3.93. The summed E-state index contributed by atoms with van der Waals surface area (Å²) in [4.78, 5) is 9.22. The molecule has 112 valence electrons. The van der Waals surface area contributed by atoms with Gasteiger partial charge in [-0.3, -0.25) is 4.98 Å². The van der Waals surface area contributed by atoms with Crippen molar-refractivity contribution in [2.24, 2.45) is 0 Å². The lowest BCUT2D eigenvalue weighted by molar-refractivity contribution is 0.275. The van der Waals surface area contributed by atoms with Crippen LogP contribution in [0.25, 0.3) is 0 Å². The minimum Gasteiger partial charge on any atom is -0.365 e. The summed E-state index contributed by atoms with van der Waals surface area (Å²) in [5.41, 5.74) is 2.75. The van der Waals surface area contributed by atoms with Crippen molar-refractivity contribution >= 4 is 5.69 Å². The molecule has 1 aromatic rings. The van der Waals surface area contributed by atoms with Gasteiger partial charge in [0, 0.05) is 44.0 Å². The average molecular weight is 276 g/mol. The third-order valence-electron chi connectivity index (χ3n) is 3.84. The zero-order chi connectivity index (χ0) is 14.8. The van der Waals surface area contributed by atoms with E-state index in [9.17, 15) is 0 Å². The number of nitrogens with one attached hydrogen (secondary N) is 1. The second kappa shape index (κ2) is 6.10. The standard InChI is InChI=1S/C16H28N4/c1-13-12-19(5)8-9-20(13)15-11-17-7-6-14(15)10-18-16(2,3)4/h6-7,11,13,18H,8-10,12H2,1-5H3. The number of rotatable bonds is 3. The molecule has 0 spiro atoms. The quantitative estimate of drug-likeness (QED) is 0.916. The maximum atomic E-state index is 4.34. The third-order valence-corrected chi connectivity index (χ3v) is 3.84. The van der Waals surface area contributed by atoms with Crippen LogP contribution in [0.2, 0.25) is 0 Å². The fraction of sp³-hybridized carbons (Fsp3) is 0.688. The molecule has 4 heteroatoms. The summed E-state index contributed by atoms with van der Waals surface area (Å²) >= 11 is 0. The van der Waals surface area contributed by atoms with E-state index in [1.165, 1.54) is 11.3 Å². The molecule has 1 aliphatic rings. The number of piperazine rings is 1. The first-order valence-electron chi connectivity index (χ1n) is 7.50. The van der Waals surface area contributed by atoms with Crippen LogP contribution in [-0.2, 0) is 6.54 Å². The molecule has 0 bridgehead atoms. The van der Waals surface area contributed by atoms with Crippen LogP contribution in [0.1, 0.15) is 33.3 Å². The van der Waals surface area contributed by atoms with E-state index in [4.69, 9.17) is 0 Å². The number of nitrogens with zero attached hydrogens (tertiary/aromatic N) is 3. The molecule has 1 saturated heterocycles. The predicted molar refractivity (Wildman–Crippen MR) is 85.1 cm³/mol. The molecule has 2 rings (SSSR count). The second-order valence-electron chi connectivity index (χ2n) is 6.91. The number of aromatic nitrogens is 1. The topological polar surface area (TPSA) is 31.4 Å². The highest BCUT2D eigenvalue weighted by molar-refractivity contribution is 5.53. The summed E-state index contributed by atoms with van der Waals surface area (Å²) in [6.07, 6.45) is 3.91. The van der Waals surface area contributed by atoms with Crippen LogP contribution < -0.4 is 10.2 Å². The van der Waals surface area contributed by atoms with Crippen molar-refractivity contribution in [3.63, 3.8) is 0 Å². The van der Waals surface area contributed by atoms with Crippen LogP contribution in [0.5, 0.6) is 0 Å². The first-order valence-corrected chi connectivity index (χ1v) is 7.50. The number of hydrogen-bond acceptors (Lipinski definition) is 4. The number of hydrogen-bond donors (Lipinski definition) is 1. The highest BCUT2D eigenvalue weighted by Gasteiger charge is 2.23. The Morgan fingerprint density at radius 3 is 2.75 bits per heavy atom. The van der Waals surface area contributed by atoms with Gasteiger partial charge in [-0.2, -0.15) is 0 Å². The lowest BCUT2D eigenvalue weighted by Gasteiger charge is -2.40. The predicted octanol–water partition coefficient (Wildman–Crippen LogP) is 2.11. The molecular weight excluding hydrogens is 248 g/mol. The van der Waals surface area contributed by atoms with Crippen LogP contribution >= 0.6 is 0 Å². The fourth-order valence-electron chi connectivity index (χ4n) is 2.68. The normalized spacial score (nSPS) is 21.2. The van der Waals surface area contributed by atoms with Gasteiger partial charge in [0.15, 0.2) is 0 Å². The van der Waals surface area contributed by atoms with Crippen molar-refractivity contribution in [1.82, 2.24) is 15.2 Å². The summed E-state index contributed by atoms with van der Waals surface area (Å²) in [7, 11) is 2.19. The lowest BCUT2D eigenvalue weighted by atomic mass is 10.1. The monoisotopic (exact) mass is 276 g/mol. The van der Waals surface area contributed by atoms with E-state index in [1.807, 2.05) is 12.4 Å². The molecule has 0 amide bonds. The van der Waals surface area contributed by atoms with Gasteiger partial charge in [-0.1, -0.05) is 0 Å². The highest BCUT2D eigenvalue weighted by atomic mass is 15.3. The average Bonchev–Trinajstić information content (AvgIpc) is 2.36. The molecule has 1 aromatic heterocycles. The molecule has 0 saturated carbocycles. The SMILES string of the molecule is CC1CN(C)CCN1c1cnccc1CNC(C)(C)C. The number of likely N-dealkylation sites (N-methyl/N-ethyl adjacent to an activating group) is 1. The molecule has 2 heterocycles. The Kier molecular flexibility index (Phi) is 4.66. The van der Waals surface area contributed by atoms with Gasteiger partial charge in [-0.05, 0) is 46.4 Å². The number of anilines is 1. The van der Waals surface area contributed by atoms with E-state index < -0.39 is 0 Å². The Labute approximate surface area is 123 Å². The van der Waals surface area contributed by atoms with E-state index in [-0.39, 0.29) is 5.54 Å². The largest absolute Gasteiger partial charge is 0.365 e.